The predicted octanol–water partition coefficient (Wildman–Crippen LogP) is 2.46. The van der Waals surface area contributed by atoms with Crippen LogP contribution >= 0.6 is 0 Å². The van der Waals surface area contributed by atoms with E-state index in [2.05, 4.69) is 5.32 Å². The summed E-state index contributed by atoms with van der Waals surface area (Å²) >= 11 is 0. The zero-order valence-electron chi connectivity index (χ0n) is 11.9. The zero-order chi connectivity index (χ0) is 14.1. The Bertz CT molecular complexity index is 286. The maximum atomic E-state index is 12.0. The number of nitrogens with zero attached hydrogens (tertiary/aromatic N) is 1. The van der Waals surface area contributed by atoms with Crippen LogP contribution in [0.25, 0.3) is 0 Å². The van der Waals surface area contributed by atoms with Crippen LogP contribution in [0.2, 0.25) is 0 Å². The third-order valence-electron chi connectivity index (χ3n) is 3.60. The minimum Gasteiger partial charge on any atom is -0.481 e. The van der Waals surface area contributed by atoms with Crippen LogP contribution in [-0.2, 0) is 4.79 Å². The molecular formula is C14H26N2O3. The highest BCUT2D eigenvalue weighted by molar-refractivity contribution is 5.74. The molecule has 0 radical (unpaired) electrons. The molecule has 0 bridgehead atoms. The molecule has 5 heteroatoms. The van der Waals surface area contributed by atoms with Gasteiger partial charge in [0.2, 0.25) is 0 Å². The number of hydrogen-bond acceptors (Lipinski definition) is 2. The molecule has 0 saturated carbocycles. The van der Waals surface area contributed by atoms with Gasteiger partial charge >= 0.3 is 12.0 Å². The lowest BCUT2D eigenvalue weighted by Crippen LogP contribution is -2.43. The van der Waals surface area contributed by atoms with Crippen molar-refractivity contribution in [2.45, 2.75) is 51.9 Å². The molecule has 0 aromatic rings. The largest absolute Gasteiger partial charge is 0.481 e. The highest BCUT2D eigenvalue weighted by atomic mass is 16.4. The Morgan fingerprint density at radius 2 is 1.74 bits per heavy atom. The first-order chi connectivity index (χ1) is 9.09. The number of carboxylic acid groups (broad SMARTS) is 1. The van der Waals surface area contributed by atoms with Crippen LogP contribution in [0.3, 0.4) is 0 Å². The second-order valence-electron chi connectivity index (χ2n) is 5.48. The van der Waals surface area contributed by atoms with Crippen molar-refractivity contribution in [3.05, 3.63) is 0 Å². The molecule has 1 saturated heterocycles. The molecular weight excluding hydrogens is 244 g/mol. The fraction of sp³-hybridized carbons (Fsp3) is 0.857. The van der Waals surface area contributed by atoms with Crippen LogP contribution in [0, 0.1) is 5.92 Å². The monoisotopic (exact) mass is 270 g/mol. The Labute approximate surface area is 115 Å². The molecule has 19 heavy (non-hydrogen) atoms. The van der Waals surface area contributed by atoms with Crippen LogP contribution in [-0.4, -0.2) is 41.6 Å². The standard InChI is InChI=1S/C14H26N2O3/c1-12(7-8-13(17)18)11-15-14(19)16-9-5-3-2-4-6-10-16/h12H,2-11H2,1H3,(H,15,19)(H,17,18). The Balaban J connectivity index is 2.22. The van der Waals surface area contributed by atoms with Crippen molar-refractivity contribution in [2.75, 3.05) is 19.6 Å². The minimum atomic E-state index is -0.776. The third-order valence-corrected chi connectivity index (χ3v) is 3.60. The highest BCUT2D eigenvalue weighted by Gasteiger charge is 2.15. The first-order valence-corrected chi connectivity index (χ1v) is 7.34. The SMILES string of the molecule is CC(CCC(=O)O)CNC(=O)N1CCCCCCC1. The van der Waals surface area contributed by atoms with Gasteiger partial charge in [-0.2, -0.15) is 0 Å². The number of amides is 2. The van der Waals surface area contributed by atoms with Crippen LogP contribution in [0.4, 0.5) is 4.79 Å². The second-order valence-corrected chi connectivity index (χ2v) is 5.48. The van der Waals surface area contributed by atoms with E-state index in [0.717, 1.165) is 25.9 Å². The molecule has 0 aromatic carbocycles. The number of urea groups is 1. The summed E-state index contributed by atoms with van der Waals surface area (Å²) in [6, 6.07) is 0.00377. The van der Waals surface area contributed by atoms with Crippen molar-refractivity contribution in [3.8, 4) is 0 Å². The van der Waals surface area contributed by atoms with Crippen molar-refractivity contribution in [2.24, 2.45) is 5.92 Å². The summed E-state index contributed by atoms with van der Waals surface area (Å²) in [5, 5.41) is 11.5. The fourth-order valence-corrected chi connectivity index (χ4v) is 2.30. The smallest absolute Gasteiger partial charge is 0.317 e. The van der Waals surface area contributed by atoms with Gasteiger partial charge in [0, 0.05) is 26.1 Å². The van der Waals surface area contributed by atoms with Crippen LogP contribution < -0.4 is 5.32 Å². The number of nitrogens with one attached hydrogen (secondary N) is 1. The summed E-state index contributed by atoms with van der Waals surface area (Å²) in [6.07, 6.45) is 6.64. The van der Waals surface area contributed by atoms with E-state index in [1.165, 1.54) is 19.3 Å². The number of carboxylic acids is 1. The van der Waals surface area contributed by atoms with E-state index in [4.69, 9.17) is 5.11 Å². The molecule has 1 atom stereocenters. The topological polar surface area (TPSA) is 69.6 Å². The van der Waals surface area contributed by atoms with E-state index in [-0.39, 0.29) is 18.4 Å². The maximum Gasteiger partial charge on any atom is 0.317 e. The van der Waals surface area contributed by atoms with Gasteiger partial charge in [0.1, 0.15) is 0 Å². The molecule has 1 aliphatic heterocycles. The Morgan fingerprint density at radius 1 is 1.16 bits per heavy atom. The predicted molar refractivity (Wildman–Crippen MR) is 74.1 cm³/mol. The summed E-state index contributed by atoms with van der Waals surface area (Å²) in [4.78, 5) is 24.4. The number of carbonyl (C=O) groups is 2. The first-order valence-electron chi connectivity index (χ1n) is 7.34. The van der Waals surface area contributed by atoms with Gasteiger partial charge in [0.05, 0.1) is 0 Å². The Kier molecular flexibility index (Phi) is 7.30. The van der Waals surface area contributed by atoms with E-state index >= 15 is 0 Å². The Morgan fingerprint density at radius 3 is 2.32 bits per heavy atom. The average molecular weight is 270 g/mol. The summed E-state index contributed by atoms with van der Waals surface area (Å²) in [5.74, 6) is -0.572. The van der Waals surface area contributed by atoms with Gasteiger partial charge in [-0.15, -0.1) is 0 Å². The van der Waals surface area contributed by atoms with E-state index in [9.17, 15) is 9.59 Å². The third kappa shape index (κ3) is 7.03. The fourth-order valence-electron chi connectivity index (χ4n) is 2.30. The van der Waals surface area contributed by atoms with Crippen molar-refractivity contribution < 1.29 is 14.7 Å². The molecule has 1 aliphatic rings. The van der Waals surface area contributed by atoms with Crippen LogP contribution in [0.5, 0.6) is 0 Å². The van der Waals surface area contributed by atoms with Crippen LogP contribution in [0.1, 0.15) is 51.9 Å². The molecule has 1 unspecified atom stereocenters. The normalized spacial score (nSPS) is 18.3. The van der Waals surface area contributed by atoms with Crippen molar-refractivity contribution in [1.82, 2.24) is 10.2 Å². The van der Waals surface area contributed by atoms with Crippen LogP contribution in [0.15, 0.2) is 0 Å². The number of aliphatic carboxylic acids is 1. The zero-order valence-corrected chi connectivity index (χ0v) is 11.9. The van der Waals surface area contributed by atoms with Gasteiger partial charge in [-0.25, -0.2) is 4.79 Å². The van der Waals surface area contributed by atoms with Crippen molar-refractivity contribution in [3.63, 3.8) is 0 Å². The van der Waals surface area contributed by atoms with E-state index in [0.29, 0.717) is 13.0 Å². The lowest BCUT2D eigenvalue weighted by atomic mass is 10.1. The molecule has 0 aromatic heterocycles. The molecule has 110 valence electrons. The highest BCUT2D eigenvalue weighted by Crippen LogP contribution is 2.11. The van der Waals surface area contributed by atoms with Crippen molar-refractivity contribution >= 4 is 12.0 Å². The molecule has 1 heterocycles. The van der Waals surface area contributed by atoms with E-state index in [1.807, 2.05) is 11.8 Å². The molecule has 0 spiro atoms. The van der Waals surface area contributed by atoms with Gasteiger partial charge in [0.25, 0.3) is 0 Å². The lowest BCUT2D eigenvalue weighted by Gasteiger charge is -2.25. The first kappa shape index (κ1) is 15.8. The summed E-state index contributed by atoms with van der Waals surface area (Å²) in [5.41, 5.74) is 0. The van der Waals surface area contributed by atoms with Gasteiger partial charge in [-0.1, -0.05) is 26.2 Å². The number of likely N-dealkylation sites (tertiary alicyclic amines) is 1. The molecule has 1 fully saturated rings. The average Bonchev–Trinajstić information content (AvgIpc) is 2.33. The summed E-state index contributed by atoms with van der Waals surface area (Å²) in [6.45, 7) is 4.21. The lowest BCUT2D eigenvalue weighted by molar-refractivity contribution is -0.137. The molecule has 1 rings (SSSR count). The Hall–Kier alpha value is -1.26. The van der Waals surface area contributed by atoms with Crippen molar-refractivity contribution in [1.29, 1.82) is 0 Å². The van der Waals surface area contributed by atoms with E-state index < -0.39 is 5.97 Å². The maximum absolute atomic E-state index is 12.0. The second kappa shape index (κ2) is 8.77. The molecule has 2 N–H and O–H groups in total. The van der Waals surface area contributed by atoms with Gasteiger partial charge in [0.15, 0.2) is 0 Å². The summed E-state index contributed by atoms with van der Waals surface area (Å²) in [7, 11) is 0. The quantitative estimate of drug-likeness (QED) is 0.806. The minimum absolute atomic E-state index is 0.00377. The molecule has 5 nitrogen and oxygen atoms in total. The number of carbonyl (C=O) groups excluding carboxylic acids is 1. The number of rotatable bonds is 5. The van der Waals surface area contributed by atoms with Gasteiger partial charge in [-0.3, -0.25) is 4.79 Å². The van der Waals surface area contributed by atoms with Gasteiger partial charge < -0.3 is 15.3 Å². The number of hydrogen-bond donors (Lipinski definition) is 2. The van der Waals surface area contributed by atoms with Gasteiger partial charge in [-0.05, 0) is 25.2 Å². The van der Waals surface area contributed by atoms with E-state index in [1.54, 1.807) is 0 Å². The summed E-state index contributed by atoms with van der Waals surface area (Å²) < 4.78 is 0. The molecule has 0 aliphatic carbocycles. The molecule has 2 amide bonds.